The van der Waals surface area contributed by atoms with Gasteiger partial charge in [-0.15, -0.1) is 0 Å². The molecule has 0 saturated carbocycles. The molecule has 44 heavy (non-hydrogen) atoms. The van der Waals surface area contributed by atoms with Gasteiger partial charge in [0, 0.05) is 11.3 Å². The molecule has 0 aliphatic carbocycles. The maximum atomic E-state index is 12.6. The highest BCUT2D eigenvalue weighted by molar-refractivity contribution is 5.95. The van der Waals surface area contributed by atoms with Crippen molar-refractivity contribution in [2.24, 2.45) is 5.10 Å². The highest BCUT2D eigenvalue weighted by atomic mass is 16.5. The van der Waals surface area contributed by atoms with E-state index in [4.69, 9.17) is 23.7 Å². The van der Waals surface area contributed by atoms with Crippen LogP contribution in [0.1, 0.15) is 36.6 Å². The molecular weight excluding hydrogens is 568 g/mol. The van der Waals surface area contributed by atoms with Gasteiger partial charge in [0.15, 0.2) is 29.6 Å². The Morgan fingerprint density at radius 3 is 2.45 bits per heavy atom. The molecule has 0 radical (unpaired) electrons. The molecule has 3 N–H and O–H groups in total. The summed E-state index contributed by atoms with van der Waals surface area (Å²) in [5, 5.41) is 9.38. The standard InChI is InChI=1S/C32H34N4O8/c1-5-42-31(38)28-20(2)34-32(39)35-29(28)22-14-15-24(26(16-22)41-4)43-19-27(37)36-33-17-23-12-9-13-25(40-3)30(23)44-18-21-10-7-6-8-11-21/h6-17,29H,5,18-19H2,1-4H3,(H,36,37)(H2,34,35,39)/b33-17+/t29-/m1/s1. The number of carbonyl (C=O) groups excluding carboxylic acids is 3. The van der Waals surface area contributed by atoms with Crippen LogP contribution in [0.15, 0.2) is 83.1 Å². The molecule has 1 aliphatic rings. The third-order valence-electron chi connectivity index (χ3n) is 6.49. The minimum atomic E-state index is -0.776. The zero-order chi connectivity index (χ0) is 31.5. The summed E-state index contributed by atoms with van der Waals surface area (Å²) in [7, 11) is 2.99. The molecule has 230 valence electrons. The third kappa shape index (κ3) is 7.85. The molecule has 0 unspecified atom stereocenters. The molecule has 0 aromatic heterocycles. The van der Waals surface area contributed by atoms with Gasteiger partial charge in [-0.25, -0.2) is 15.0 Å². The summed E-state index contributed by atoms with van der Waals surface area (Å²) in [4.78, 5) is 37.3. The first-order chi connectivity index (χ1) is 21.3. The summed E-state index contributed by atoms with van der Waals surface area (Å²) < 4.78 is 27.8. The Labute approximate surface area is 255 Å². The number of amides is 3. The maximum Gasteiger partial charge on any atom is 0.338 e. The van der Waals surface area contributed by atoms with Gasteiger partial charge in [0.1, 0.15) is 6.61 Å². The van der Waals surface area contributed by atoms with E-state index in [0.29, 0.717) is 40.7 Å². The Balaban J connectivity index is 1.40. The van der Waals surface area contributed by atoms with Gasteiger partial charge in [0.05, 0.1) is 38.7 Å². The van der Waals surface area contributed by atoms with Gasteiger partial charge in [0.25, 0.3) is 5.91 Å². The Bertz CT molecular complexity index is 1560. The minimum Gasteiger partial charge on any atom is -0.493 e. The van der Waals surface area contributed by atoms with Crippen LogP contribution < -0.4 is 35.0 Å². The van der Waals surface area contributed by atoms with Gasteiger partial charge in [-0.1, -0.05) is 42.5 Å². The van der Waals surface area contributed by atoms with Gasteiger partial charge in [-0.05, 0) is 49.2 Å². The van der Waals surface area contributed by atoms with E-state index in [0.717, 1.165) is 5.56 Å². The lowest BCUT2D eigenvalue weighted by Gasteiger charge is -2.28. The van der Waals surface area contributed by atoms with Gasteiger partial charge in [-0.3, -0.25) is 4.79 Å². The van der Waals surface area contributed by atoms with Crippen LogP contribution in [0.2, 0.25) is 0 Å². The predicted molar refractivity (Wildman–Crippen MR) is 162 cm³/mol. The number of methoxy groups -OCH3 is 2. The van der Waals surface area contributed by atoms with Crippen molar-refractivity contribution in [2.45, 2.75) is 26.5 Å². The second-order valence-corrected chi connectivity index (χ2v) is 9.44. The summed E-state index contributed by atoms with van der Waals surface area (Å²) in [6, 6.07) is 18.7. The average molecular weight is 603 g/mol. The fourth-order valence-corrected chi connectivity index (χ4v) is 4.44. The number of esters is 1. The van der Waals surface area contributed by atoms with Crippen LogP contribution in [0.4, 0.5) is 4.79 Å². The third-order valence-corrected chi connectivity index (χ3v) is 6.49. The Morgan fingerprint density at radius 1 is 0.955 bits per heavy atom. The van der Waals surface area contributed by atoms with Crippen molar-refractivity contribution >= 4 is 24.1 Å². The van der Waals surface area contributed by atoms with Crippen LogP contribution in [0.3, 0.4) is 0 Å². The first kappa shape index (κ1) is 31.4. The Hall–Kier alpha value is -5.52. The van der Waals surface area contributed by atoms with Gasteiger partial charge in [-0.2, -0.15) is 5.10 Å². The molecule has 12 nitrogen and oxygen atoms in total. The zero-order valence-electron chi connectivity index (χ0n) is 24.8. The van der Waals surface area contributed by atoms with E-state index >= 15 is 0 Å². The number of hydrazone groups is 1. The quantitative estimate of drug-likeness (QED) is 0.151. The normalized spacial score (nSPS) is 14.4. The molecule has 1 atom stereocenters. The fourth-order valence-electron chi connectivity index (χ4n) is 4.44. The molecule has 4 rings (SSSR count). The maximum absolute atomic E-state index is 12.6. The molecule has 0 bridgehead atoms. The lowest BCUT2D eigenvalue weighted by atomic mass is 9.95. The molecule has 12 heteroatoms. The number of para-hydroxylation sites is 1. The molecule has 0 spiro atoms. The van der Waals surface area contributed by atoms with Gasteiger partial charge >= 0.3 is 12.0 Å². The van der Waals surface area contributed by atoms with Crippen molar-refractivity contribution in [3.05, 3.63) is 94.7 Å². The van der Waals surface area contributed by atoms with E-state index < -0.39 is 23.9 Å². The van der Waals surface area contributed by atoms with Crippen LogP contribution in [0.5, 0.6) is 23.0 Å². The number of benzene rings is 3. The number of hydrogen-bond donors (Lipinski definition) is 3. The Morgan fingerprint density at radius 2 is 1.73 bits per heavy atom. The number of nitrogens with one attached hydrogen (secondary N) is 3. The van der Waals surface area contributed by atoms with Crippen molar-refractivity contribution < 1.29 is 38.1 Å². The molecule has 3 aromatic carbocycles. The number of nitrogens with zero attached hydrogens (tertiary/aromatic N) is 1. The molecule has 3 aromatic rings. The van der Waals surface area contributed by atoms with E-state index in [-0.39, 0.29) is 24.5 Å². The lowest BCUT2D eigenvalue weighted by Crippen LogP contribution is -2.45. The van der Waals surface area contributed by atoms with Crippen molar-refractivity contribution in [2.75, 3.05) is 27.4 Å². The monoisotopic (exact) mass is 602 g/mol. The summed E-state index contributed by atoms with van der Waals surface area (Å²) in [6.45, 7) is 3.47. The first-order valence-corrected chi connectivity index (χ1v) is 13.8. The highest BCUT2D eigenvalue weighted by Gasteiger charge is 2.32. The molecular formula is C32H34N4O8. The number of allylic oxidation sites excluding steroid dienone is 1. The molecule has 0 saturated heterocycles. The summed E-state index contributed by atoms with van der Waals surface area (Å²) in [5.41, 5.74) is 5.24. The van der Waals surface area contributed by atoms with E-state index in [1.165, 1.54) is 13.3 Å². The van der Waals surface area contributed by atoms with Crippen LogP contribution in [0.25, 0.3) is 0 Å². The first-order valence-electron chi connectivity index (χ1n) is 13.8. The van der Waals surface area contributed by atoms with Crippen LogP contribution in [-0.2, 0) is 20.9 Å². The number of urea groups is 1. The second kappa shape index (κ2) is 15.1. The van der Waals surface area contributed by atoms with Gasteiger partial charge < -0.3 is 34.3 Å². The fraction of sp³-hybridized carbons (Fsp3) is 0.250. The van der Waals surface area contributed by atoms with E-state index in [9.17, 15) is 14.4 Å². The molecule has 0 fully saturated rings. The Kier molecular flexibility index (Phi) is 10.8. The van der Waals surface area contributed by atoms with E-state index in [1.54, 1.807) is 57.4 Å². The molecule has 3 amide bonds. The lowest BCUT2D eigenvalue weighted by molar-refractivity contribution is -0.139. The summed E-state index contributed by atoms with van der Waals surface area (Å²) >= 11 is 0. The highest BCUT2D eigenvalue weighted by Crippen LogP contribution is 2.35. The van der Waals surface area contributed by atoms with Crippen LogP contribution >= 0.6 is 0 Å². The molecule has 1 aliphatic heterocycles. The summed E-state index contributed by atoms with van der Waals surface area (Å²) in [5.74, 6) is 0.513. The summed E-state index contributed by atoms with van der Waals surface area (Å²) in [6.07, 6.45) is 1.46. The smallest absolute Gasteiger partial charge is 0.338 e. The van der Waals surface area contributed by atoms with Crippen molar-refractivity contribution in [3.63, 3.8) is 0 Å². The number of carbonyl (C=O) groups is 3. The topological polar surface area (TPSA) is 146 Å². The van der Waals surface area contributed by atoms with E-state index in [1.807, 2.05) is 30.3 Å². The number of ether oxygens (including phenoxy) is 5. The SMILES string of the molecule is CCOC(=O)C1=C(C)NC(=O)N[C@@H]1c1ccc(OCC(=O)N/N=C/c2cccc(OC)c2OCc2ccccc2)c(OC)c1. The minimum absolute atomic E-state index is 0.182. The van der Waals surface area contributed by atoms with Crippen molar-refractivity contribution in [1.29, 1.82) is 0 Å². The van der Waals surface area contributed by atoms with Crippen molar-refractivity contribution in [3.8, 4) is 23.0 Å². The number of rotatable bonds is 13. The second-order valence-electron chi connectivity index (χ2n) is 9.44. The number of hydrogen-bond acceptors (Lipinski definition) is 9. The van der Waals surface area contributed by atoms with E-state index in [2.05, 4.69) is 21.2 Å². The largest absolute Gasteiger partial charge is 0.493 e. The molecule has 1 heterocycles. The van der Waals surface area contributed by atoms with Gasteiger partial charge in [0.2, 0.25) is 0 Å². The van der Waals surface area contributed by atoms with Crippen LogP contribution in [0, 0.1) is 0 Å². The predicted octanol–water partition coefficient (Wildman–Crippen LogP) is 4.00. The zero-order valence-corrected chi connectivity index (χ0v) is 24.8. The average Bonchev–Trinajstić information content (AvgIpc) is 3.03. The van der Waals surface area contributed by atoms with Crippen molar-refractivity contribution in [1.82, 2.24) is 16.1 Å². The van der Waals surface area contributed by atoms with Crippen LogP contribution in [-0.4, -0.2) is 51.6 Å².